The molecule has 0 bridgehead atoms. The van der Waals surface area contributed by atoms with E-state index < -0.39 is 12.6 Å². The predicted molar refractivity (Wildman–Crippen MR) is 68.0 cm³/mol. The van der Waals surface area contributed by atoms with E-state index >= 15 is 0 Å². The SMILES string of the molecule is CCc1cc(CN=CCCC(F)(F)F)ccc1C. The van der Waals surface area contributed by atoms with Gasteiger partial charge >= 0.3 is 6.18 Å². The van der Waals surface area contributed by atoms with Crippen LogP contribution in [0.4, 0.5) is 13.2 Å². The van der Waals surface area contributed by atoms with E-state index in [9.17, 15) is 13.2 Å². The molecule has 0 radical (unpaired) electrons. The Kier molecular flexibility index (Phi) is 5.38. The average Bonchev–Trinajstić information content (AvgIpc) is 2.29. The van der Waals surface area contributed by atoms with Crippen LogP contribution in [-0.2, 0) is 13.0 Å². The summed E-state index contributed by atoms with van der Waals surface area (Å²) in [6.45, 7) is 4.58. The molecule has 0 fully saturated rings. The minimum Gasteiger partial charge on any atom is -0.293 e. The van der Waals surface area contributed by atoms with Crippen molar-refractivity contribution in [1.29, 1.82) is 0 Å². The molecule has 0 aliphatic rings. The molecule has 1 aromatic carbocycles. The van der Waals surface area contributed by atoms with Crippen LogP contribution < -0.4 is 0 Å². The first-order valence-corrected chi connectivity index (χ1v) is 6.06. The number of hydrogen-bond acceptors (Lipinski definition) is 1. The molecule has 0 aliphatic carbocycles. The number of halogens is 3. The smallest absolute Gasteiger partial charge is 0.293 e. The predicted octanol–water partition coefficient (Wildman–Crippen LogP) is 4.47. The lowest BCUT2D eigenvalue weighted by Gasteiger charge is -2.05. The lowest BCUT2D eigenvalue weighted by molar-refractivity contribution is -0.132. The van der Waals surface area contributed by atoms with E-state index in [4.69, 9.17) is 0 Å². The van der Waals surface area contributed by atoms with Gasteiger partial charge in [-0.1, -0.05) is 25.1 Å². The number of aliphatic imine (C=N–C) groups is 1. The number of nitrogens with zero attached hydrogens (tertiary/aromatic N) is 1. The van der Waals surface area contributed by atoms with Crippen LogP contribution in [-0.4, -0.2) is 12.4 Å². The summed E-state index contributed by atoms with van der Waals surface area (Å²) in [4.78, 5) is 4.02. The largest absolute Gasteiger partial charge is 0.389 e. The highest BCUT2D eigenvalue weighted by molar-refractivity contribution is 5.57. The molecule has 0 aliphatic heterocycles. The summed E-state index contributed by atoms with van der Waals surface area (Å²) in [5.41, 5.74) is 3.54. The van der Waals surface area contributed by atoms with Gasteiger partial charge in [0.15, 0.2) is 0 Å². The van der Waals surface area contributed by atoms with Crippen LogP contribution in [0, 0.1) is 6.92 Å². The Morgan fingerprint density at radius 3 is 2.61 bits per heavy atom. The third-order valence-electron chi connectivity index (χ3n) is 2.75. The Hall–Kier alpha value is -1.32. The van der Waals surface area contributed by atoms with Gasteiger partial charge in [0.1, 0.15) is 0 Å². The molecule has 0 amide bonds. The minimum absolute atomic E-state index is 0.0456. The maximum absolute atomic E-state index is 11.9. The average molecular weight is 257 g/mol. The fraction of sp³-hybridized carbons (Fsp3) is 0.500. The van der Waals surface area contributed by atoms with Crippen molar-refractivity contribution in [1.82, 2.24) is 0 Å². The number of hydrogen-bond donors (Lipinski definition) is 0. The summed E-state index contributed by atoms with van der Waals surface area (Å²) >= 11 is 0. The van der Waals surface area contributed by atoms with Crippen LogP contribution >= 0.6 is 0 Å². The molecule has 1 nitrogen and oxygen atoms in total. The monoisotopic (exact) mass is 257 g/mol. The lowest BCUT2D eigenvalue weighted by atomic mass is 10.0. The highest BCUT2D eigenvalue weighted by Gasteiger charge is 2.25. The van der Waals surface area contributed by atoms with Gasteiger partial charge in [-0.25, -0.2) is 0 Å². The molecule has 0 aromatic heterocycles. The quantitative estimate of drug-likeness (QED) is 0.690. The van der Waals surface area contributed by atoms with Crippen molar-refractivity contribution in [2.24, 2.45) is 4.99 Å². The molecule has 0 saturated heterocycles. The van der Waals surface area contributed by atoms with Gasteiger partial charge in [-0.3, -0.25) is 4.99 Å². The zero-order valence-electron chi connectivity index (χ0n) is 10.7. The van der Waals surface area contributed by atoms with Gasteiger partial charge in [-0.15, -0.1) is 0 Å². The molecule has 0 unspecified atom stereocenters. The van der Waals surface area contributed by atoms with Crippen molar-refractivity contribution in [3.05, 3.63) is 34.9 Å². The Morgan fingerprint density at radius 2 is 2.00 bits per heavy atom. The topological polar surface area (TPSA) is 12.4 Å². The Morgan fingerprint density at radius 1 is 1.28 bits per heavy atom. The summed E-state index contributed by atoms with van der Waals surface area (Å²) in [6, 6.07) is 6.06. The van der Waals surface area contributed by atoms with Gasteiger partial charge in [0.2, 0.25) is 0 Å². The molecule has 0 heterocycles. The highest BCUT2D eigenvalue weighted by Crippen LogP contribution is 2.20. The summed E-state index contributed by atoms with van der Waals surface area (Å²) in [5.74, 6) is 0. The fourth-order valence-corrected chi connectivity index (χ4v) is 1.69. The van der Waals surface area contributed by atoms with Gasteiger partial charge in [0.25, 0.3) is 0 Å². The molecular weight excluding hydrogens is 239 g/mol. The first kappa shape index (κ1) is 14.7. The van der Waals surface area contributed by atoms with Crippen molar-refractivity contribution in [2.45, 2.75) is 45.8 Å². The summed E-state index contributed by atoms with van der Waals surface area (Å²) in [5, 5.41) is 0. The van der Waals surface area contributed by atoms with E-state index in [0.717, 1.165) is 12.0 Å². The standard InChI is InChI=1S/C14H18F3N/c1-3-13-9-12(6-5-11(13)2)10-18-8-4-7-14(15,16)17/h5-6,8-9H,3-4,7,10H2,1-2H3. The molecule has 0 N–H and O–H groups in total. The summed E-state index contributed by atoms with van der Waals surface area (Å²) in [7, 11) is 0. The second kappa shape index (κ2) is 6.57. The van der Waals surface area contributed by atoms with Crippen LogP contribution in [0.25, 0.3) is 0 Å². The van der Waals surface area contributed by atoms with Gasteiger partial charge in [-0.05, 0) is 42.7 Å². The van der Waals surface area contributed by atoms with Crippen molar-refractivity contribution in [3.8, 4) is 0 Å². The summed E-state index contributed by atoms with van der Waals surface area (Å²) < 4.78 is 35.7. The Bertz CT molecular complexity index is 408. The van der Waals surface area contributed by atoms with E-state index in [1.807, 2.05) is 12.1 Å². The van der Waals surface area contributed by atoms with Crippen LogP contribution in [0.2, 0.25) is 0 Å². The number of benzene rings is 1. The van der Waals surface area contributed by atoms with Gasteiger partial charge in [0.05, 0.1) is 6.54 Å². The zero-order chi connectivity index (χ0) is 13.6. The molecule has 1 rings (SSSR count). The molecule has 18 heavy (non-hydrogen) atoms. The van der Waals surface area contributed by atoms with Crippen molar-refractivity contribution in [3.63, 3.8) is 0 Å². The van der Waals surface area contributed by atoms with E-state index in [1.54, 1.807) is 0 Å². The van der Waals surface area contributed by atoms with Crippen molar-refractivity contribution < 1.29 is 13.2 Å². The molecule has 4 heteroatoms. The van der Waals surface area contributed by atoms with Crippen LogP contribution in [0.3, 0.4) is 0 Å². The van der Waals surface area contributed by atoms with Crippen molar-refractivity contribution >= 4 is 6.21 Å². The van der Waals surface area contributed by atoms with E-state index in [0.29, 0.717) is 6.54 Å². The molecule has 0 saturated carbocycles. The second-order valence-corrected chi connectivity index (χ2v) is 4.29. The summed E-state index contributed by atoms with van der Waals surface area (Å²) in [6.07, 6.45) is -2.62. The van der Waals surface area contributed by atoms with E-state index in [-0.39, 0.29) is 6.42 Å². The lowest BCUT2D eigenvalue weighted by Crippen LogP contribution is -2.06. The van der Waals surface area contributed by atoms with Gasteiger partial charge < -0.3 is 0 Å². The van der Waals surface area contributed by atoms with Gasteiger partial charge in [0, 0.05) is 6.42 Å². The van der Waals surface area contributed by atoms with Gasteiger partial charge in [-0.2, -0.15) is 13.2 Å². The van der Waals surface area contributed by atoms with Crippen molar-refractivity contribution in [2.75, 3.05) is 0 Å². The Labute approximate surface area is 106 Å². The normalized spacial score (nSPS) is 12.3. The number of alkyl halides is 3. The fourth-order valence-electron chi connectivity index (χ4n) is 1.69. The molecule has 0 atom stereocenters. The van der Waals surface area contributed by atoms with Crippen LogP contribution in [0.15, 0.2) is 23.2 Å². The number of rotatable bonds is 5. The molecule has 100 valence electrons. The molecule has 1 aromatic rings. The highest BCUT2D eigenvalue weighted by atomic mass is 19.4. The molecule has 0 spiro atoms. The zero-order valence-corrected chi connectivity index (χ0v) is 10.7. The Balaban J connectivity index is 2.46. The van der Waals surface area contributed by atoms with Crippen LogP contribution in [0.5, 0.6) is 0 Å². The first-order chi connectivity index (χ1) is 8.42. The third-order valence-corrected chi connectivity index (χ3v) is 2.75. The first-order valence-electron chi connectivity index (χ1n) is 6.06. The maximum atomic E-state index is 11.9. The van der Waals surface area contributed by atoms with E-state index in [2.05, 4.69) is 24.9 Å². The van der Waals surface area contributed by atoms with Crippen LogP contribution in [0.1, 0.15) is 36.5 Å². The minimum atomic E-state index is -4.09. The van der Waals surface area contributed by atoms with E-state index in [1.165, 1.54) is 17.3 Å². The second-order valence-electron chi connectivity index (χ2n) is 4.29. The number of aryl methyl sites for hydroxylation is 2. The maximum Gasteiger partial charge on any atom is 0.389 e. The molecular formula is C14H18F3N. The third kappa shape index (κ3) is 5.34.